The molecule has 0 amide bonds. The number of nitrogens with one attached hydrogen (secondary N) is 2. The molecule has 1 aliphatic heterocycles. The molecule has 0 radical (unpaired) electrons. The second kappa shape index (κ2) is 8.09. The molecule has 0 aromatic heterocycles. The molecule has 0 bridgehead atoms. The predicted octanol–water partition coefficient (Wildman–Crippen LogP) is 3.75. The Hall–Kier alpha value is -2.89. The summed E-state index contributed by atoms with van der Waals surface area (Å²) in [6.07, 6.45) is 4.76. The summed E-state index contributed by atoms with van der Waals surface area (Å²) in [4.78, 5) is 11.4. The Morgan fingerprint density at radius 3 is 2.50 bits per heavy atom. The van der Waals surface area contributed by atoms with Crippen molar-refractivity contribution in [3.05, 3.63) is 58.7 Å². The van der Waals surface area contributed by atoms with Crippen LogP contribution < -0.4 is 10.0 Å². The van der Waals surface area contributed by atoms with Gasteiger partial charge in [0, 0.05) is 6.04 Å². The van der Waals surface area contributed by atoms with Gasteiger partial charge in [0.25, 0.3) is 10.0 Å². The number of benzene rings is 2. The van der Waals surface area contributed by atoms with E-state index >= 15 is 0 Å². The van der Waals surface area contributed by atoms with E-state index in [2.05, 4.69) is 16.1 Å². The van der Waals surface area contributed by atoms with Crippen LogP contribution in [0.25, 0.3) is 0 Å². The predicted molar refractivity (Wildman–Crippen MR) is 112 cm³/mol. The quantitative estimate of drug-likeness (QED) is 0.648. The number of aromatic carboxylic acids is 1. The number of hydrogen-bond donors (Lipinski definition) is 3. The van der Waals surface area contributed by atoms with Crippen LogP contribution in [0, 0.1) is 11.3 Å². The minimum Gasteiger partial charge on any atom is -0.478 e. The van der Waals surface area contributed by atoms with Gasteiger partial charge in [0.1, 0.15) is 0 Å². The lowest BCUT2D eigenvalue weighted by atomic mass is 9.95. The van der Waals surface area contributed by atoms with Crippen LogP contribution in [-0.2, 0) is 10.0 Å². The normalized spacial score (nSPS) is 19.1. The van der Waals surface area contributed by atoms with Crippen LogP contribution >= 0.6 is 0 Å². The first-order valence-electron chi connectivity index (χ1n) is 10.1. The molecular formula is C22H23N3O4S. The summed E-state index contributed by atoms with van der Waals surface area (Å²) in [5.41, 5.74) is 2.07. The van der Waals surface area contributed by atoms with Gasteiger partial charge in [-0.15, -0.1) is 0 Å². The van der Waals surface area contributed by atoms with Crippen molar-refractivity contribution in [3.63, 3.8) is 0 Å². The molecule has 30 heavy (non-hydrogen) atoms. The zero-order chi connectivity index (χ0) is 21.3. The molecule has 1 saturated heterocycles. The molecule has 7 nitrogen and oxygen atoms in total. The molecule has 0 spiro atoms. The van der Waals surface area contributed by atoms with Crippen molar-refractivity contribution in [1.82, 2.24) is 5.32 Å². The first-order valence-corrected chi connectivity index (χ1v) is 11.5. The third kappa shape index (κ3) is 4.18. The molecule has 3 N–H and O–H groups in total. The van der Waals surface area contributed by atoms with Crippen LogP contribution in [0.3, 0.4) is 0 Å². The number of hydrogen-bond acceptors (Lipinski definition) is 5. The Morgan fingerprint density at radius 2 is 1.87 bits per heavy atom. The zero-order valence-corrected chi connectivity index (χ0v) is 17.2. The van der Waals surface area contributed by atoms with Gasteiger partial charge in [-0.1, -0.05) is 18.6 Å². The van der Waals surface area contributed by atoms with Gasteiger partial charge >= 0.3 is 5.97 Å². The fourth-order valence-corrected chi connectivity index (χ4v) is 5.37. The van der Waals surface area contributed by atoms with Gasteiger partial charge in [-0.05, 0) is 73.5 Å². The molecule has 8 heteroatoms. The van der Waals surface area contributed by atoms with Gasteiger partial charge in [0.2, 0.25) is 0 Å². The maximum absolute atomic E-state index is 13.4. The first kappa shape index (κ1) is 20.4. The average molecular weight is 426 g/mol. The minimum atomic E-state index is -4.04. The van der Waals surface area contributed by atoms with E-state index in [0.717, 1.165) is 44.2 Å². The monoisotopic (exact) mass is 425 g/mol. The second-order valence-electron chi connectivity index (χ2n) is 7.85. The van der Waals surface area contributed by atoms with Gasteiger partial charge in [0.05, 0.1) is 27.8 Å². The average Bonchev–Trinajstić information content (AvgIpc) is 3.59. The van der Waals surface area contributed by atoms with Crippen molar-refractivity contribution < 1.29 is 18.3 Å². The van der Waals surface area contributed by atoms with Crippen LogP contribution in [0.2, 0.25) is 0 Å². The molecule has 1 saturated carbocycles. The molecule has 4 rings (SSSR count). The molecule has 1 heterocycles. The lowest BCUT2D eigenvalue weighted by Gasteiger charge is -2.26. The number of sulfonamides is 1. The summed E-state index contributed by atoms with van der Waals surface area (Å²) in [5.74, 6) is -1.04. The van der Waals surface area contributed by atoms with Crippen LogP contribution in [0.4, 0.5) is 5.69 Å². The third-order valence-corrected chi connectivity index (χ3v) is 7.10. The molecule has 2 aromatic rings. The minimum absolute atomic E-state index is 0.00236. The van der Waals surface area contributed by atoms with E-state index in [1.54, 1.807) is 24.3 Å². The van der Waals surface area contributed by atoms with E-state index < -0.39 is 16.0 Å². The summed E-state index contributed by atoms with van der Waals surface area (Å²) < 4.78 is 29.4. The van der Waals surface area contributed by atoms with Crippen LogP contribution in [0.1, 0.15) is 71.1 Å². The summed E-state index contributed by atoms with van der Waals surface area (Å²) in [5, 5.41) is 22.0. The lowest BCUT2D eigenvalue weighted by Crippen LogP contribution is -2.28. The smallest absolute Gasteiger partial charge is 0.335 e. The van der Waals surface area contributed by atoms with Crippen molar-refractivity contribution >= 4 is 21.7 Å². The van der Waals surface area contributed by atoms with Crippen molar-refractivity contribution in [3.8, 4) is 6.07 Å². The standard InChI is InChI=1S/C22H23N3O4S/c23-13-14-4-8-18(19-3-1-2-10-24-19)20(11-14)25-30(28,29)21-12-16(22(26)27)7-9-17(21)15-5-6-15/h4,7-9,11-12,15,19,24-25H,1-3,5-6,10H2,(H,26,27). The summed E-state index contributed by atoms with van der Waals surface area (Å²) in [7, 11) is -4.04. The molecule has 156 valence electrons. The Morgan fingerprint density at radius 1 is 1.10 bits per heavy atom. The van der Waals surface area contributed by atoms with Gasteiger partial charge < -0.3 is 10.4 Å². The first-order chi connectivity index (χ1) is 14.4. The number of nitriles is 1. The van der Waals surface area contributed by atoms with Crippen LogP contribution in [-0.4, -0.2) is 26.0 Å². The fourth-order valence-electron chi connectivity index (χ4n) is 3.97. The number of piperidine rings is 1. The van der Waals surface area contributed by atoms with Crippen molar-refractivity contribution in [2.24, 2.45) is 0 Å². The van der Waals surface area contributed by atoms with Crippen LogP contribution in [0.5, 0.6) is 0 Å². The highest BCUT2D eigenvalue weighted by Crippen LogP contribution is 2.43. The fraction of sp³-hybridized carbons (Fsp3) is 0.364. The third-order valence-electron chi connectivity index (χ3n) is 5.68. The Bertz CT molecular complexity index is 1130. The summed E-state index contributed by atoms with van der Waals surface area (Å²) in [6, 6.07) is 11.3. The molecule has 2 aromatic carbocycles. The zero-order valence-electron chi connectivity index (χ0n) is 16.4. The van der Waals surface area contributed by atoms with Gasteiger partial charge in [-0.25, -0.2) is 13.2 Å². The highest BCUT2D eigenvalue weighted by atomic mass is 32.2. The molecule has 2 fully saturated rings. The highest BCUT2D eigenvalue weighted by molar-refractivity contribution is 7.92. The van der Waals surface area contributed by atoms with Crippen molar-refractivity contribution in [2.75, 3.05) is 11.3 Å². The SMILES string of the molecule is N#Cc1ccc(C2CCCCN2)c(NS(=O)(=O)c2cc(C(=O)O)ccc2C2CC2)c1. The van der Waals surface area contributed by atoms with Crippen molar-refractivity contribution in [2.45, 2.75) is 49.0 Å². The number of carbonyl (C=O) groups is 1. The number of carboxylic acid groups (broad SMARTS) is 1. The Labute approximate surface area is 175 Å². The molecular weight excluding hydrogens is 402 g/mol. The molecule has 1 atom stereocenters. The summed E-state index contributed by atoms with van der Waals surface area (Å²) in [6.45, 7) is 0.851. The van der Waals surface area contributed by atoms with E-state index in [4.69, 9.17) is 0 Å². The second-order valence-corrected chi connectivity index (χ2v) is 9.50. The van der Waals surface area contributed by atoms with Crippen molar-refractivity contribution in [1.29, 1.82) is 5.26 Å². The van der Waals surface area contributed by atoms with E-state index in [-0.39, 0.29) is 22.4 Å². The lowest BCUT2D eigenvalue weighted by molar-refractivity contribution is 0.0696. The number of rotatable bonds is 6. The molecule has 1 unspecified atom stereocenters. The topological polar surface area (TPSA) is 119 Å². The number of nitrogens with zero attached hydrogens (tertiary/aromatic N) is 1. The van der Waals surface area contributed by atoms with E-state index in [0.29, 0.717) is 16.8 Å². The van der Waals surface area contributed by atoms with E-state index in [1.807, 2.05) is 0 Å². The Kier molecular flexibility index (Phi) is 5.50. The van der Waals surface area contributed by atoms with Crippen LogP contribution in [0.15, 0.2) is 41.3 Å². The number of anilines is 1. The summed E-state index contributed by atoms with van der Waals surface area (Å²) >= 11 is 0. The number of carboxylic acids is 1. The molecule has 2 aliphatic rings. The Balaban J connectivity index is 1.76. The maximum atomic E-state index is 13.4. The van der Waals surface area contributed by atoms with Gasteiger partial charge in [0.15, 0.2) is 0 Å². The van der Waals surface area contributed by atoms with Gasteiger partial charge in [-0.3, -0.25) is 4.72 Å². The van der Waals surface area contributed by atoms with E-state index in [1.165, 1.54) is 12.1 Å². The van der Waals surface area contributed by atoms with E-state index in [9.17, 15) is 23.6 Å². The van der Waals surface area contributed by atoms with Gasteiger partial charge in [-0.2, -0.15) is 5.26 Å². The maximum Gasteiger partial charge on any atom is 0.335 e. The largest absolute Gasteiger partial charge is 0.478 e. The molecule has 1 aliphatic carbocycles. The highest BCUT2D eigenvalue weighted by Gasteiger charge is 2.32.